The summed E-state index contributed by atoms with van der Waals surface area (Å²) in [7, 11) is 0. The van der Waals surface area contributed by atoms with Crippen molar-refractivity contribution in [3.05, 3.63) is 36.2 Å². The van der Waals surface area contributed by atoms with Crippen molar-refractivity contribution in [3.8, 4) is 0 Å². The first-order valence-electron chi connectivity index (χ1n) is 6.54. The molecule has 0 bridgehead atoms. The quantitative estimate of drug-likeness (QED) is 0.807. The Morgan fingerprint density at radius 1 is 1.32 bits per heavy atom. The lowest BCUT2D eigenvalue weighted by Crippen LogP contribution is -2.34. The standard InChI is InChI=1S/C14H16N2O3/c17-13(12-2-1-7-16(12)11-5-6-11)15-10-4-3-9(8-10)14(18)19/h1-4,7,9-11H,5-6,8H2,(H,15,17)(H,18,19). The summed E-state index contributed by atoms with van der Waals surface area (Å²) >= 11 is 0. The molecule has 0 aromatic carbocycles. The number of carboxylic acid groups (broad SMARTS) is 1. The molecule has 0 aliphatic heterocycles. The topological polar surface area (TPSA) is 71.3 Å². The number of carboxylic acids is 1. The van der Waals surface area contributed by atoms with Crippen LogP contribution in [0.1, 0.15) is 35.8 Å². The Balaban J connectivity index is 1.64. The fourth-order valence-electron chi connectivity index (χ4n) is 2.49. The van der Waals surface area contributed by atoms with Gasteiger partial charge in [-0.1, -0.05) is 12.2 Å². The Morgan fingerprint density at radius 3 is 2.74 bits per heavy atom. The zero-order valence-corrected chi connectivity index (χ0v) is 10.5. The van der Waals surface area contributed by atoms with Gasteiger partial charge in [0.1, 0.15) is 5.69 Å². The highest BCUT2D eigenvalue weighted by molar-refractivity contribution is 5.93. The third kappa shape index (κ3) is 2.41. The molecule has 3 rings (SSSR count). The zero-order valence-electron chi connectivity index (χ0n) is 10.5. The second-order valence-corrected chi connectivity index (χ2v) is 5.18. The molecular weight excluding hydrogens is 244 g/mol. The van der Waals surface area contributed by atoms with Crippen molar-refractivity contribution in [1.82, 2.24) is 9.88 Å². The van der Waals surface area contributed by atoms with Gasteiger partial charge < -0.3 is 15.0 Å². The van der Waals surface area contributed by atoms with Gasteiger partial charge in [0.25, 0.3) is 5.91 Å². The van der Waals surface area contributed by atoms with Crippen molar-refractivity contribution in [2.75, 3.05) is 0 Å². The molecule has 1 aromatic heterocycles. The smallest absolute Gasteiger partial charge is 0.310 e. The molecule has 2 atom stereocenters. The summed E-state index contributed by atoms with van der Waals surface area (Å²) in [6.07, 6.45) is 8.02. The number of rotatable bonds is 4. The van der Waals surface area contributed by atoms with Crippen LogP contribution >= 0.6 is 0 Å². The number of carbonyl (C=O) groups is 2. The van der Waals surface area contributed by atoms with Crippen LogP contribution in [-0.2, 0) is 4.79 Å². The summed E-state index contributed by atoms with van der Waals surface area (Å²) in [5.41, 5.74) is 0.662. The molecule has 0 radical (unpaired) electrons. The minimum Gasteiger partial charge on any atom is -0.481 e. The van der Waals surface area contributed by atoms with Crippen LogP contribution in [0.4, 0.5) is 0 Å². The Hall–Kier alpha value is -2.04. The number of nitrogens with zero attached hydrogens (tertiary/aromatic N) is 1. The van der Waals surface area contributed by atoms with Gasteiger partial charge in [0, 0.05) is 18.3 Å². The second kappa shape index (κ2) is 4.57. The molecule has 2 aliphatic rings. The third-order valence-electron chi connectivity index (χ3n) is 3.67. The van der Waals surface area contributed by atoms with Gasteiger partial charge in [0.2, 0.25) is 0 Å². The minimum absolute atomic E-state index is 0.127. The van der Waals surface area contributed by atoms with E-state index in [1.807, 2.05) is 16.8 Å². The maximum Gasteiger partial charge on any atom is 0.310 e. The molecule has 2 unspecified atom stereocenters. The molecule has 5 heteroatoms. The number of nitrogens with one attached hydrogen (secondary N) is 1. The summed E-state index contributed by atoms with van der Waals surface area (Å²) < 4.78 is 2.00. The highest BCUT2D eigenvalue weighted by Gasteiger charge is 2.29. The fourth-order valence-corrected chi connectivity index (χ4v) is 2.49. The lowest BCUT2D eigenvalue weighted by Gasteiger charge is -2.13. The van der Waals surface area contributed by atoms with E-state index >= 15 is 0 Å². The van der Waals surface area contributed by atoms with Gasteiger partial charge >= 0.3 is 5.97 Å². The van der Waals surface area contributed by atoms with Crippen LogP contribution in [0.25, 0.3) is 0 Å². The zero-order chi connectivity index (χ0) is 13.4. The van der Waals surface area contributed by atoms with Gasteiger partial charge in [0.15, 0.2) is 0 Å². The highest BCUT2D eigenvalue weighted by atomic mass is 16.4. The van der Waals surface area contributed by atoms with Crippen LogP contribution in [0.15, 0.2) is 30.5 Å². The SMILES string of the molecule is O=C(NC1C=CC(C(=O)O)C1)c1cccn1C1CC1. The summed E-state index contributed by atoms with van der Waals surface area (Å²) in [5, 5.41) is 11.8. The third-order valence-corrected chi connectivity index (χ3v) is 3.67. The summed E-state index contributed by atoms with van der Waals surface area (Å²) in [4.78, 5) is 23.0. The molecule has 1 aromatic rings. The number of hydrogen-bond acceptors (Lipinski definition) is 2. The van der Waals surface area contributed by atoms with Crippen LogP contribution in [0.2, 0.25) is 0 Å². The Morgan fingerprint density at radius 2 is 2.11 bits per heavy atom. The van der Waals surface area contributed by atoms with E-state index in [1.165, 1.54) is 0 Å². The van der Waals surface area contributed by atoms with Gasteiger partial charge in [-0.2, -0.15) is 0 Å². The number of aliphatic carboxylic acids is 1. The van der Waals surface area contributed by atoms with Crippen molar-refractivity contribution in [1.29, 1.82) is 0 Å². The predicted octanol–water partition coefficient (Wildman–Crippen LogP) is 1.58. The van der Waals surface area contributed by atoms with E-state index in [0.29, 0.717) is 18.2 Å². The molecule has 5 nitrogen and oxygen atoms in total. The molecule has 1 saturated carbocycles. The van der Waals surface area contributed by atoms with E-state index in [2.05, 4.69) is 5.32 Å². The number of amides is 1. The predicted molar refractivity (Wildman–Crippen MR) is 68.8 cm³/mol. The molecule has 1 amide bonds. The van der Waals surface area contributed by atoms with Crippen molar-refractivity contribution < 1.29 is 14.7 Å². The monoisotopic (exact) mass is 260 g/mol. The van der Waals surface area contributed by atoms with Crippen LogP contribution in [0, 0.1) is 5.92 Å². The van der Waals surface area contributed by atoms with E-state index in [9.17, 15) is 9.59 Å². The molecular formula is C14H16N2O3. The number of aromatic nitrogens is 1. The van der Waals surface area contributed by atoms with Crippen LogP contribution in [0.3, 0.4) is 0 Å². The maximum atomic E-state index is 12.2. The molecule has 0 saturated heterocycles. The summed E-state index contributed by atoms with van der Waals surface area (Å²) in [6.45, 7) is 0. The van der Waals surface area contributed by atoms with Crippen molar-refractivity contribution in [3.63, 3.8) is 0 Å². The van der Waals surface area contributed by atoms with Crippen LogP contribution < -0.4 is 5.32 Å². The van der Waals surface area contributed by atoms with Crippen molar-refractivity contribution in [2.24, 2.45) is 5.92 Å². The van der Waals surface area contributed by atoms with Crippen LogP contribution in [-0.4, -0.2) is 27.6 Å². The summed E-state index contributed by atoms with van der Waals surface area (Å²) in [5.74, 6) is -1.45. The first-order chi connectivity index (χ1) is 9.15. The molecule has 1 fully saturated rings. The van der Waals surface area contributed by atoms with Gasteiger partial charge in [-0.05, 0) is 31.4 Å². The van der Waals surface area contributed by atoms with E-state index < -0.39 is 11.9 Å². The fraction of sp³-hybridized carbons (Fsp3) is 0.429. The molecule has 100 valence electrons. The Bertz CT molecular complexity index is 543. The lowest BCUT2D eigenvalue weighted by atomic mass is 10.1. The average molecular weight is 260 g/mol. The van der Waals surface area contributed by atoms with Gasteiger partial charge in [-0.3, -0.25) is 9.59 Å². The highest BCUT2D eigenvalue weighted by Crippen LogP contribution is 2.36. The maximum absolute atomic E-state index is 12.2. The summed E-state index contributed by atoms with van der Waals surface area (Å²) in [6, 6.07) is 3.96. The molecule has 2 aliphatic carbocycles. The van der Waals surface area contributed by atoms with E-state index in [0.717, 1.165) is 12.8 Å². The van der Waals surface area contributed by atoms with Gasteiger partial charge in [-0.15, -0.1) is 0 Å². The first kappa shape index (κ1) is 12.0. The van der Waals surface area contributed by atoms with Gasteiger partial charge in [0.05, 0.1) is 5.92 Å². The van der Waals surface area contributed by atoms with E-state index in [4.69, 9.17) is 5.11 Å². The molecule has 2 N–H and O–H groups in total. The second-order valence-electron chi connectivity index (χ2n) is 5.18. The number of carbonyl (C=O) groups excluding carboxylic acids is 1. The average Bonchev–Trinajstić information content (AvgIpc) is 2.92. The van der Waals surface area contributed by atoms with E-state index in [1.54, 1.807) is 18.2 Å². The minimum atomic E-state index is -0.839. The van der Waals surface area contributed by atoms with Gasteiger partial charge in [-0.25, -0.2) is 0 Å². The molecule has 19 heavy (non-hydrogen) atoms. The van der Waals surface area contributed by atoms with Crippen molar-refractivity contribution in [2.45, 2.75) is 31.3 Å². The van der Waals surface area contributed by atoms with E-state index in [-0.39, 0.29) is 11.9 Å². The molecule has 0 spiro atoms. The normalized spacial score (nSPS) is 25.5. The first-order valence-corrected chi connectivity index (χ1v) is 6.54. The molecule has 1 heterocycles. The Labute approximate surface area is 110 Å². The largest absolute Gasteiger partial charge is 0.481 e. The van der Waals surface area contributed by atoms with Crippen molar-refractivity contribution >= 4 is 11.9 Å². The number of hydrogen-bond donors (Lipinski definition) is 2. The lowest BCUT2D eigenvalue weighted by molar-refractivity contribution is -0.140. The van der Waals surface area contributed by atoms with Crippen LogP contribution in [0.5, 0.6) is 0 Å². The Kier molecular flexibility index (Phi) is 2.89.